The molecule has 2 heterocycles. The number of carbonyl (C=O) groups excluding carboxylic acids is 1. The van der Waals surface area contributed by atoms with E-state index in [2.05, 4.69) is 0 Å². The van der Waals surface area contributed by atoms with Crippen LogP contribution in [0, 0.1) is 0 Å². The maximum absolute atomic E-state index is 11.9. The average molecular weight is 225 g/mol. The molecule has 1 spiro atoms. The summed E-state index contributed by atoms with van der Waals surface area (Å²) in [5.74, 6) is 0. The molecule has 0 aromatic heterocycles. The Balaban J connectivity index is 1.91. The molecule has 4 nitrogen and oxygen atoms in total. The Hall–Kier alpha value is -0.770. The van der Waals surface area contributed by atoms with Gasteiger partial charge in [0.2, 0.25) is 0 Å². The number of rotatable bonds is 2. The van der Waals surface area contributed by atoms with Crippen LogP contribution in [-0.4, -0.2) is 40.4 Å². The van der Waals surface area contributed by atoms with Gasteiger partial charge in [0.1, 0.15) is 6.10 Å². The Morgan fingerprint density at radius 1 is 1.38 bits per heavy atom. The van der Waals surface area contributed by atoms with Crippen molar-refractivity contribution >= 4 is 6.09 Å². The van der Waals surface area contributed by atoms with Crippen LogP contribution in [0.25, 0.3) is 0 Å². The van der Waals surface area contributed by atoms with Gasteiger partial charge in [-0.2, -0.15) is 0 Å². The lowest BCUT2D eigenvalue weighted by Crippen LogP contribution is -2.56. The zero-order valence-electron chi connectivity index (χ0n) is 9.52. The van der Waals surface area contributed by atoms with Crippen LogP contribution < -0.4 is 0 Å². The van der Waals surface area contributed by atoms with E-state index in [4.69, 9.17) is 9.84 Å². The van der Waals surface area contributed by atoms with E-state index in [0.717, 1.165) is 32.1 Å². The summed E-state index contributed by atoms with van der Waals surface area (Å²) in [7, 11) is 0. The van der Waals surface area contributed by atoms with Gasteiger partial charge in [-0.05, 0) is 44.9 Å². The molecule has 0 bridgehead atoms. The van der Waals surface area contributed by atoms with Gasteiger partial charge < -0.3 is 9.84 Å². The Morgan fingerprint density at radius 2 is 2.12 bits per heavy atom. The van der Waals surface area contributed by atoms with Crippen LogP contribution in [0.5, 0.6) is 0 Å². The van der Waals surface area contributed by atoms with Gasteiger partial charge >= 0.3 is 6.09 Å². The van der Waals surface area contributed by atoms with Crippen molar-refractivity contribution in [3.05, 3.63) is 0 Å². The maximum Gasteiger partial charge on any atom is 0.410 e. The molecule has 2 aliphatic heterocycles. The SMILES string of the molecule is O=C1O[C@H]2CCC[C@]23CCC[C@@H](CCO)N13. The fraction of sp³-hybridized carbons (Fsp3) is 0.917. The first-order valence-corrected chi connectivity index (χ1v) is 6.39. The summed E-state index contributed by atoms with van der Waals surface area (Å²) < 4.78 is 5.50. The molecule has 0 aromatic rings. The molecule has 3 rings (SSSR count). The molecule has 16 heavy (non-hydrogen) atoms. The van der Waals surface area contributed by atoms with Crippen molar-refractivity contribution in [1.82, 2.24) is 4.90 Å². The normalized spacial score (nSPS) is 41.8. The number of hydrogen-bond donors (Lipinski definition) is 1. The lowest BCUT2D eigenvalue weighted by atomic mass is 9.81. The Bertz CT molecular complexity index is 305. The van der Waals surface area contributed by atoms with E-state index in [1.165, 1.54) is 6.42 Å². The third kappa shape index (κ3) is 1.22. The van der Waals surface area contributed by atoms with E-state index in [1.807, 2.05) is 4.90 Å². The van der Waals surface area contributed by atoms with Gasteiger partial charge in [0.15, 0.2) is 0 Å². The summed E-state index contributed by atoms with van der Waals surface area (Å²) in [4.78, 5) is 13.9. The van der Waals surface area contributed by atoms with Crippen molar-refractivity contribution in [2.75, 3.05) is 6.61 Å². The molecule has 1 amide bonds. The highest BCUT2D eigenvalue weighted by atomic mass is 16.6. The van der Waals surface area contributed by atoms with Gasteiger partial charge in [0.05, 0.1) is 5.54 Å². The Kier molecular flexibility index (Phi) is 2.35. The standard InChI is InChI=1S/C12H19NO3/c14-8-5-9-3-1-6-12-7-2-4-10(12)16-11(15)13(9)12/h9-10,14H,1-8H2/t9-,10-,12+/m0/s1. The first-order valence-electron chi connectivity index (χ1n) is 6.39. The highest BCUT2D eigenvalue weighted by Gasteiger charge is 2.60. The second-order valence-electron chi connectivity index (χ2n) is 5.30. The third-order valence-corrected chi connectivity index (χ3v) is 4.57. The van der Waals surface area contributed by atoms with E-state index < -0.39 is 0 Å². The van der Waals surface area contributed by atoms with E-state index in [1.54, 1.807) is 0 Å². The van der Waals surface area contributed by atoms with Crippen molar-refractivity contribution in [3.8, 4) is 0 Å². The lowest BCUT2D eigenvalue weighted by molar-refractivity contribution is 0.0457. The third-order valence-electron chi connectivity index (χ3n) is 4.57. The maximum atomic E-state index is 11.9. The smallest absolute Gasteiger partial charge is 0.410 e. The molecule has 3 aliphatic rings. The molecular weight excluding hydrogens is 206 g/mol. The second-order valence-corrected chi connectivity index (χ2v) is 5.30. The van der Waals surface area contributed by atoms with Crippen LogP contribution in [-0.2, 0) is 4.74 Å². The molecule has 4 heteroatoms. The minimum absolute atomic E-state index is 0.00479. The van der Waals surface area contributed by atoms with Gasteiger partial charge in [-0.25, -0.2) is 4.79 Å². The number of hydrogen-bond acceptors (Lipinski definition) is 3. The largest absolute Gasteiger partial charge is 0.444 e. The number of ether oxygens (including phenoxy) is 1. The summed E-state index contributed by atoms with van der Waals surface area (Å²) in [5, 5.41) is 9.08. The number of aliphatic hydroxyl groups is 1. The van der Waals surface area contributed by atoms with Crippen LogP contribution in [0.1, 0.15) is 44.9 Å². The molecule has 2 saturated heterocycles. The first kappa shape index (κ1) is 10.4. The van der Waals surface area contributed by atoms with Crippen molar-refractivity contribution < 1.29 is 14.6 Å². The van der Waals surface area contributed by atoms with E-state index in [0.29, 0.717) is 6.42 Å². The van der Waals surface area contributed by atoms with E-state index in [9.17, 15) is 4.79 Å². The predicted octanol–water partition coefficient (Wildman–Crippen LogP) is 1.66. The second kappa shape index (κ2) is 3.62. The highest BCUT2D eigenvalue weighted by molar-refractivity contribution is 5.73. The number of carbonyl (C=O) groups is 1. The van der Waals surface area contributed by atoms with Gasteiger partial charge in [-0.1, -0.05) is 0 Å². The highest BCUT2D eigenvalue weighted by Crippen LogP contribution is 2.50. The van der Waals surface area contributed by atoms with Crippen LogP contribution in [0.3, 0.4) is 0 Å². The molecule has 90 valence electrons. The first-order chi connectivity index (χ1) is 7.78. The number of amides is 1. The fourth-order valence-electron chi connectivity index (χ4n) is 3.94. The zero-order chi connectivity index (χ0) is 11.2. The lowest BCUT2D eigenvalue weighted by Gasteiger charge is -2.44. The van der Waals surface area contributed by atoms with Crippen molar-refractivity contribution in [3.63, 3.8) is 0 Å². The molecule has 3 atom stereocenters. The molecule has 0 unspecified atom stereocenters. The number of nitrogens with zero attached hydrogens (tertiary/aromatic N) is 1. The fourth-order valence-corrected chi connectivity index (χ4v) is 3.94. The van der Waals surface area contributed by atoms with E-state index in [-0.39, 0.29) is 30.4 Å². The summed E-state index contributed by atoms with van der Waals surface area (Å²) in [6.07, 6.45) is 7.23. The summed E-state index contributed by atoms with van der Waals surface area (Å²) in [6.45, 7) is 0.162. The molecule has 0 radical (unpaired) electrons. The van der Waals surface area contributed by atoms with Crippen molar-refractivity contribution in [1.29, 1.82) is 0 Å². The van der Waals surface area contributed by atoms with Crippen LogP contribution in [0.15, 0.2) is 0 Å². The van der Waals surface area contributed by atoms with Crippen LogP contribution >= 0.6 is 0 Å². The monoisotopic (exact) mass is 225 g/mol. The minimum Gasteiger partial charge on any atom is -0.444 e. The molecule has 1 saturated carbocycles. The molecule has 0 aromatic carbocycles. The van der Waals surface area contributed by atoms with Crippen LogP contribution in [0.2, 0.25) is 0 Å². The van der Waals surface area contributed by atoms with E-state index >= 15 is 0 Å². The summed E-state index contributed by atoms with van der Waals surface area (Å²) in [5.41, 5.74) is -0.00479. The van der Waals surface area contributed by atoms with Gasteiger partial charge in [-0.3, -0.25) is 4.90 Å². The summed E-state index contributed by atoms with van der Waals surface area (Å²) >= 11 is 0. The average Bonchev–Trinajstić information content (AvgIpc) is 2.73. The summed E-state index contributed by atoms with van der Waals surface area (Å²) in [6, 6.07) is 0.203. The Morgan fingerprint density at radius 3 is 2.88 bits per heavy atom. The molecule has 3 fully saturated rings. The zero-order valence-corrected chi connectivity index (χ0v) is 9.52. The van der Waals surface area contributed by atoms with Crippen molar-refractivity contribution in [2.24, 2.45) is 0 Å². The van der Waals surface area contributed by atoms with Gasteiger partial charge in [-0.15, -0.1) is 0 Å². The van der Waals surface area contributed by atoms with Crippen molar-refractivity contribution in [2.45, 2.75) is 62.6 Å². The molecule has 1 aliphatic carbocycles. The van der Waals surface area contributed by atoms with Gasteiger partial charge in [0.25, 0.3) is 0 Å². The number of aliphatic hydroxyl groups excluding tert-OH is 1. The number of piperidine rings is 1. The van der Waals surface area contributed by atoms with Crippen LogP contribution in [0.4, 0.5) is 4.79 Å². The molecular formula is C12H19NO3. The predicted molar refractivity (Wildman–Crippen MR) is 58.0 cm³/mol. The van der Waals surface area contributed by atoms with Gasteiger partial charge in [0, 0.05) is 12.6 Å². The minimum atomic E-state index is -0.136. The Labute approximate surface area is 95.6 Å². The topological polar surface area (TPSA) is 49.8 Å². The quantitative estimate of drug-likeness (QED) is 0.777. The molecule has 1 N–H and O–H groups in total.